The lowest BCUT2D eigenvalue weighted by Crippen LogP contribution is -1.88. The molecule has 0 unspecified atom stereocenters. The van der Waals surface area contributed by atoms with Gasteiger partial charge < -0.3 is 0 Å². The van der Waals surface area contributed by atoms with Crippen molar-refractivity contribution < 1.29 is 0 Å². The molecule has 0 aliphatic carbocycles. The summed E-state index contributed by atoms with van der Waals surface area (Å²) >= 11 is 0. The Kier molecular flexibility index (Phi) is 18.1. The lowest BCUT2D eigenvalue weighted by molar-refractivity contribution is 0.554. The van der Waals surface area contributed by atoms with Crippen LogP contribution in [0.4, 0.5) is 0 Å². The summed E-state index contributed by atoms with van der Waals surface area (Å²) in [6.07, 6.45) is 25.0. The largest absolute Gasteiger partial charge is 0.0853 e. The van der Waals surface area contributed by atoms with Crippen molar-refractivity contribution >= 4 is 0 Å². The van der Waals surface area contributed by atoms with Crippen LogP contribution in [0.1, 0.15) is 132 Å². The molecule has 0 rings (SSSR count). The van der Waals surface area contributed by atoms with E-state index in [9.17, 15) is 0 Å². The molecule has 0 radical (unpaired) electrons. The van der Waals surface area contributed by atoms with Crippen LogP contribution in [0.15, 0.2) is 46.6 Å². The highest BCUT2D eigenvalue weighted by Gasteiger charge is 1.97. The summed E-state index contributed by atoms with van der Waals surface area (Å²) in [6.45, 7) is 18.5. The first-order valence-corrected chi connectivity index (χ1v) is 12.8. The summed E-state index contributed by atoms with van der Waals surface area (Å²) in [6, 6.07) is 0. The molecule has 0 amide bonds. The molecule has 174 valence electrons. The maximum absolute atomic E-state index is 2.46. The third kappa shape index (κ3) is 20.2. The average molecular weight is 415 g/mol. The Morgan fingerprint density at radius 3 is 1.10 bits per heavy atom. The summed E-state index contributed by atoms with van der Waals surface area (Å²) < 4.78 is 0. The molecule has 0 aromatic carbocycles. The van der Waals surface area contributed by atoms with E-state index in [4.69, 9.17) is 0 Å². The lowest BCUT2D eigenvalue weighted by Gasteiger charge is -2.05. The van der Waals surface area contributed by atoms with Crippen molar-refractivity contribution in [3.63, 3.8) is 0 Å². The highest BCUT2D eigenvalue weighted by atomic mass is 14.0. The smallest absolute Gasteiger partial charge is 0.0288 e. The molecule has 0 spiro atoms. The summed E-state index contributed by atoms with van der Waals surface area (Å²) in [5, 5.41) is 0. The summed E-state index contributed by atoms with van der Waals surface area (Å²) in [7, 11) is 0. The standard InChI is InChI=1S/C30H54/c1-25(2)15-11-19-29(7)23-13-21-27(5)17-9-10-18-28(6)22-14-24-30(8)20-12-16-26(3)4/h17-18,23-26H,9-16,19-22H2,1-8H3. The lowest BCUT2D eigenvalue weighted by atomic mass is 10.0. The van der Waals surface area contributed by atoms with Gasteiger partial charge in [-0.15, -0.1) is 0 Å². The Morgan fingerprint density at radius 2 is 0.767 bits per heavy atom. The summed E-state index contributed by atoms with van der Waals surface area (Å²) in [5.74, 6) is 1.67. The van der Waals surface area contributed by atoms with Gasteiger partial charge in [-0.25, -0.2) is 0 Å². The molecule has 0 heteroatoms. The molecule has 0 atom stereocenters. The van der Waals surface area contributed by atoms with Gasteiger partial charge in [0.25, 0.3) is 0 Å². The highest BCUT2D eigenvalue weighted by Crippen LogP contribution is 2.16. The Balaban J connectivity index is 3.97. The quantitative estimate of drug-likeness (QED) is 0.164. The van der Waals surface area contributed by atoms with Gasteiger partial charge in [0.15, 0.2) is 0 Å². The monoisotopic (exact) mass is 414 g/mol. The molecule has 0 saturated heterocycles. The molecule has 0 aliphatic heterocycles. The number of unbranched alkanes of at least 4 members (excludes halogenated alkanes) is 1. The fourth-order valence-electron chi connectivity index (χ4n) is 3.74. The van der Waals surface area contributed by atoms with Crippen molar-refractivity contribution in [1.29, 1.82) is 0 Å². The van der Waals surface area contributed by atoms with E-state index in [1.807, 2.05) is 0 Å². The maximum Gasteiger partial charge on any atom is -0.0288 e. The summed E-state index contributed by atoms with van der Waals surface area (Å²) in [4.78, 5) is 0. The minimum absolute atomic E-state index is 0.834. The van der Waals surface area contributed by atoms with E-state index >= 15 is 0 Å². The topological polar surface area (TPSA) is 0 Å². The molecule has 30 heavy (non-hydrogen) atoms. The second-order valence-electron chi connectivity index (χ2n) is 10.4. The van der Waals surface area contributed by atoms with Crippen LogP contribution in [-0.2, 0) is 0 Å². The van der Waals surface area contributed by atoms with Gasteiger partial charge in [0, 0.05) is 0 Å². The molecule has 0 aliphatic rings. The van der Waals surface area contributed by atoms with Crippen LogP contribution in [0.25, 0.3) is 0 Å². The van der Waals surface area contributed by atoms with E-state index in [0.29, 0.717) is 0 Å². The SMILES string of the molecule is CC(=CCCC=C(C)CCC=C(C)CCCC(C)C)CCC=C(C)CCCC(C)C. The second kappa shape index (κ2) is 18.7. The van der Waals surface area contributed by atoms with E-state index < -0.39 is 0 Å². The number of allylic oxidation sites excluding steroid dienone is 8. The van der Waals surface area contributed by atoms with Crippen molar-refractivity contribution in [2.24, 2.45) is 11.8 Å². The van der Waals surface area contributed by atoms with Gasteiger partial charge >= 0.3 is 0 Å². The zero-order valence-electron chi connectivity index (χ0n) is 21.9. The van der Waals surface area contributed by atoms with Crippen LogP contribution in [0.2, 0.25) is 0 Å². The predicted molar refractivity (Wildman–Crippen MR) is 140 cm³/mol. The molecule has 0 saturated carbocycles. The fraction of sp³-hybridized carbons (Fsp3) is 0.733. The first-order chi connectivity index (χ1) is 14.2. The van der Waals surface area contributed by atoms with Crippen LogP contribution in [0.3, 0.4) is 0 Å². The van der Waals surface area contributed by atoms with E-state index in [1.165, 1.54) is 77.0 Å². The highest BCUT2D eigenvalue weighted by molar-refractivity contribution is 5.06. The second-order valence-corrected chi connectivity index (χ2v) is 10.4. The molecule has 0 aromatic heterocycles. The fourth-order valence-corrected chi connectivity index (χ4v) is 3.74. The Morgan fingerprint density at radius 1 is 0.467 bits per heavy atom. The zero-order valence-corrected chi connectivity index (χ0v) is 21.9. The van der Waals surface area contributed by atoms with E-state index in [2.05, 4.69) is 79.7 Å². The Bertz CT molecular complexity index is 486. The minimum atomic E-state index is 0.834. The van der Waals surface area contributed by atoms with Gasteiger partial charge in [0.2, 0.25) is 0 Å². The molecule has 0 fully saturated rings. The first kappa shape index (κ1) is 29.0. The molecule has 0 N–H and O–H groups in total. The van der Waals surface area contributed by atoms with Crippen molar-refractivity contribution in [2.45, 2.75) is 132 Å². The van der Waals surface area contributed by atoms with Gasteiger partial charge in [-0.1, -0.05) is 87.1 Å². The van der Waals surface area contributed by atoms with Crippen LogP contribution in [0, 0.1) is 11.8 Å². The van der Waals surface area contributed by atoms with E-state index in [1.54, 1.807) is 22.3 Å². The number of hydrogen-bond acceptors (Lipinski definition) is 0. The normalized spacial score (nSPS) is 14.3. The maximum atomic E-state index is 2.46. The average Bonchev–Trinajstić information content (AvgIpc) is 2.64. The third-order valence-electron chi connectivity index (χ3n) is 5.92. The molecule has 0 heterocycles. The van der Waals surface area contributed by atoms with Crippen molar-refractivity contribution in [3.05, 3.63) is 46.6 Å². The number of hydrogen-bond donors (Lipinski definition) is 0. The Labute approximate surface area is 191 Å². The van der Waals surface area contributed by atoms with Crippen LogP contribution < -0.4 is 0 Å². The van der Waals surface area contributed by atoms with Gasteiger partial charge in [0.1, 0.15) is 0 Å². The van der Waals surface area contributed by atoms with Crippen LogP contribution >= 0.6 is 0 Å². The van der Waals surface area contributed by atoms with E-state index in [-0.39, 0.29) is 0 Å². The number of rotatable bonds is 17. The van der Waals surface area contributed by atoms with Crippen molar-refractivity contribution in [2.75, 3.05) is 0 Å². The Hall–Kier alpha value is -1.04. The van der Waals surface area contributed by atoms with Crippen molar-refractivity contribution in [3.8, 4) is 0 Å². The molecular weight excluding hydrogens is 360 g/mol. The van der Waals surface area contributed by atoms with Gasteiger partial charge in [0.05, 0.1) is 0 Å². The molecular formula is C30H54. The zero-order chi connectivity index (χ0) is 22.8. The predicted octanol–water partition coefficient (Wildman–Crippen LogP) is 10.8. The van der Waals surface area contributed by atoms with Crippen LogP contribution in [-0.4, -0.2) is 0 Å². The first-order valence-electron chi connectivity index (χ1n) is 12.8. The molecule has 0 aromatic rings. The van der Waals surface area contributed by atoms with Crippen LogP contribution in [0.5, 0.6) is 0 Å². The van der Waals surface area contributed by atoms with Gasteiger partial charge in [-0.05, 0) is 104 Å². The van der Waals surface area contributed by atoms with Crippen molar-refractivity contribution in [1.82, 2.24) is 0 Å². The molecule has 0 bridgehead atoms. The third-order valence-corrected chi connectivity index (χ3v) is 5.92. The minimum Gasteiger partial charge on any atom is -0.0853 e. The van der Waals surface area contributed by atoms with Gasteiger partial charge in [-0.2, -0.15) is 0 Å². The van der Waals surface area contributed by atoms with Gasteiger partial charge in [-0.3, -0.25) is 0 Å². The summed E-state index contributed by atoms with van der Waals surface area (Å²) in [5.41, 5.74) is 6.25. The van der Waals surface area contributed by atoms with E-state index in [0.717, 1.165) is 11.8 Å². The molecule has 0 nitrogen and oxygen atoms in total.